The summed E-state index contributed by atoms with van der Waals surface area (Å²) in [5, 5.41) is 12.7. The van der Waals surface area contributed by atoms with Crippen LogP contribution in [0.2, 0.25) is 5.02 Å². The lowest BCUT2D eigenvalue weighted by molar-refractivity contribution is -0.132. The van der Waals surface area contributed by atoms with Gasteiger partial charge in [0, 0.05) is 24.7 Å². The van der Waals surface area contributed by atoms with E-state index in [1.807, 2.05) is 54.6 Å². The van der Waals surface area contributed by atoms with Crippen molar-refractivity contribution in [2.24, 2.45) is 5.41 Å². The zero-order valence-electron chi connectivity index (χ0n) is 14.6. The Morgan fingerprint density at radius 1 is 1.11 bits per heavy atom. The predicted molar refractivity (Wildman–Crippen MR) is 108 cm³/mol. The van der Waals surface area contributed by atoms with Crippen molar-refractivity contribution >= 4 is 34.0 Å². The number of anilines is 1. The SMILES string of the molecule is O=C(NCc1ccccc1)C1(Cc2ccc(Cl)cc2)CN(c2nncs2)C1. The molecule has 2 aromatic carbocycles. The molecule has 1 aliphatic heterocycles. The maximum absolute atomic E-state index is 13.1. The van der Waals surface area contributed by atoms with Gasteiger partial charge in [-0.25, -0.2) is 0 Å². The van der Waals surface area contributed by atoms with Crippen molar-refractivity contribution < 1.29 is 4.79 Å². The van der Waals surface area contributed by atoms with E-state index < -0.39 is 5.41 Å². The number of hydrogen-bond donors (Lipinski definition) is 1. The molecule has 7 heteroatoms. The molecule has 4 rings (SSSR count). The number of halogens is 1. The lowest BCUT2D eigenvalue weighted by Crippen LogP contribution is -2.64. The van der Waals surface area contributed by atoms with E-state index in [4.69, 9.17) is 11.6 Å². The van der Waals surface area contributed by atoms with Crippen LogP contribution in [-0.4, -0.2) is 29.2 Å². The Kier molecular flexibility index (Phi) is 5.09. The molecule has 3 aromatic rings. The molecule has 1 fully saturated rings. The van der Waals surface area contributed by atoms with E-state index in [0.29, 0.717) is 31.1 Å². The van der Waals surface area contributed by atoms with Crippen molar-refractivity contribution in [2.75, 3.05) is 18.0 Å². The van der Waals surface area contributed by atoms with Gasteiger partial charge in [0.05, 0.1) is 5.41 Å². The van der Waals surface area contributed by atoms with Gasteiger partial charge in [-0.05, 0) is 29.7 Å². The fraction of sp³-hybridized carbons (Fsp3) is 0.250. The summed E-state index contributed by atoms with van der Waals surface area (Å²) < 4.78 is 0. The molecule has 1 saturated heterocycles. The number of hydrogen-bond acceptors (Lipinski definition) is 5. The summed E-state index contributed by atoms with van der Waals surface area (Å²) in [5.41, 5.74) is 3.43. The van der Waals surface area contributed by atoms with Crippen molar-refractivity contribution in [3.05, 3.63) is 76.3 Å². The van der Waals surface area contributed by atoms with Crippen LogP contribution in [0.3, 0.4) is 0 Å². The number of rotatable bonds is 6. The minimum Gasteiger partial charge on any atom is -0.351 e. The summed E-state index contributed by atoms with van der Waals surface area (Å²) in [6, 6.07) is 17.7. The van der Waals surface area contributed by atoms with E-state index in [0.717, 1.165) is 16.3 Å². The molecule has 1 N–H and O–H groups in total. The van der Waals surface area contributed by atoms with Gasteiger partial charge in [0.2, 0.25) is 11.0 Å². The number of aromatic nitrogens is 2. The Morgan fingerprint density at radius 2 is 1.85 bits per heavy atom. The lowest BCUT2D eigenvalue weighted by Gasteiger charge is -2.48. The largest absolute Gasteiger partial charge is 0.351 e. The molecule has 0 unspecified atom stereocenters. The number of carbonyl (C=O) groups is 1. The number of carbonyl (C=O) groups excluding carboxylic acids is 1. The van der Waals surface area contributed by atoms with Crippen molar-refractivity contribution in [2.45, 2.75) is 13.0 Å². The Bertz CT molecular complexity index is 894. The molecule has 0 bridgehead atoms. The second kappa shape index (κ2) is 7.66. The predicted octanol–water partition coefficient (Wildman–Crippen LogP) is 3.56. The summed E-state index contributed by atoms with van der Waals surface area (Å²) in [5.74, 6) is 0.0714. The van der Waals surface area contributed by atoms with Crippen LogP contribution < -0.4 is 10.2 Å². The molecule has 138 valence electrons. The molecule has 0 spiro atoms. The van der Waals surface area contributed by atoms with Gasteiger partial charge in [-0.3, -0.25) is 4.79 Å². The van der Waals surface area contributed by atoms with Gasteiger partial charge in [-0.1, -0.05) is 65.4 Å². The van der Waals surface area contributed by atoms with Crippen LogP contribution in [0.1, 0.15) is 11.1 Å². The zero-order chi connectivity index (χ0) is 18.7. The molecule has 0 radical (unpaired) electrons. The highest BCUT2D eigenvalue weighted by Crippen LogP contribution is 2.38. The number of benzene rings is 2. The Hall–Kier alpha value is -2.44. The van der Waals surface area contributed by atoms with Gasteiger partial charge in [-0.2, -0.15) is 0 Å². The van der Waals surface area contributed by atoms with Crippen LogP contribution in [0.4, 0.5) is 5.13 Å². The third-order valence-electron chi connectivity index (χ3n) is 4.84. The van der Waals surface area contributed by atoms with Gasteiger partial charge in [0.15, 0.2) is 0 Å². The highest BCUT2D eigenvalue weighted by atomic mass is 35.5. The molecule has 1 aliphatic rings. The third kappa shape index (κ3) is 3.96. The van der Waals surface area contributed by atoms with Crippen molar-refractivity contribution in [1.29, 1.82) is 0 Å². The van der Waals surface area contributed by atoms with E-state index in [2.05, 4.69) is 20.4 Å². The maximum Gasteiger partial charge on any atom is 0.230 e. The molecule has 5 nitrogen and oxygen atoms in total. The molecule has 0 atom stereocenters. The fourth-order valence-corrected chi connectivity index (χ4v) is 4.11. The first kappa shape index (κ1) is 17.9. The topological polar surface area (TPSA) is 58.1 Å². The summed E-state index contributed by atoms with van der Waals surface area (Å²) in [7, 11) is 0. The van der Waals surface area contributed by atoms with Crippen LogP contribution in [0, 0.1) is 5.41 Å². The smallest absolute Gasteiger partial charge is 0.230 e. The molecular formula is C20H19ClN4OS. The summed E-state index contributed by atoms with van der Waals surface area (Å²) in [6.07, 6.45) is 0.667. The molecule has 1 amide bonds. The molecule has 2 heterocycles. The van der Waals surface area contributed by atoms with Gasteiger partial charge in [0.1, 0.15) is 5.51 Å². The van der Waals surface area contributed by atoms with E-state index in [-0.39, 0.29) is 5.91 Å². The van der Waals surface area contributed by atoms with Gasteiger partial charge in [-0.15, -0.1) is 10.2 Å². The molecule has 0 aliphatic carbocycles. The highest BCUT2D eigenvalue weighted by molar-refractivity contribution is 7.13. The van der Waals surface area contributed by atoms with Crippen molar-refractivity contribution in [3.8, 4) is 0 Å². The van der Waals surface area contributed by atoms with E-state index in [1.54, 1.807) is 5.51 Å². The number of nitrogens with zero attached hydrogens (tertiary/aromatic N) is 3. The van der Waals surface area contributed by atoms with E-state index in [1.165, 1.54) is 11.3 Å². The minimum atomic E-state index is -0.478. The first-order chi connectivity index (χ1) is 13.1. The van der Waals surface area contributed by atoms with E-state index in [9.17, 15) is 4.79 Å². The second-order valence-corrected chi connectivity index (χ2v) is 8.08. The quantitative estimate of drug-likeness (QED) is 0.689. The second-order valence-electron chi connectivity index (χ2n) is 6.83. The fourth-order valence-electron chi connectivity index (χ4n) is 3.42. The molecular weight excluding hydrogens is 380 g/mol. The first-order valence-corrected chi connectivity index (χ1v) is 9.98. The van der Waals surface area contributed by atoms with Crippen molar-refractivity contribution in [1.82, 2.24) is 15.5 Å². The van der Waals surface area contributed by atoms with Gasteiger partial charge >= 0.3 is 0 Å². The number of amides is 1. The Morgan fingerprint density at radius 3 is 2.52 bits per heavy atom. The third-order valence-corrected chi connectivity index (χ3v) is 5.84. The summed E-state index contributed by atoms with van der Waals surface area (Å²) >= 11 is 7.49. The first-order valence-electron chi connectivity index (χ1n) is 8.72. The lowest BCUT2D eigenvalue weighted by atomic mass is 9.74. The average molecular weight is 399 g/mol. The molecule has 27 heavy (non-hydrogen) atoms. The van der Waals surface area contributed by atoms with Crippen LogP contribution in [0.5, 0.6) is 0 Å². The zero-order valence-corrected chi connectivity index (χ0v) is 16.2. The highest BCUT2D eigenvalue weighted by Gasteiger charge is 2.50. The van der Waals surface area contributed by atoms with Crippen LogP contribution in [-0.2, 0) is 17.8 Å². The monoisotopic (exact) mass is 398 g/mol. The molecule has 1 aromatic heterocycles. The van der Waals surface area contributed by atoms with Gasteiger partial charge in [0.25, 0.3) is 0 Å². The average Bonchev–Trinajstić information content (AvgIpc) is 3.19. The van der Waals surface area contributed by atoms with Crippen molar-refractivity contribution in [3.63, 3.8) is 0 Å². The maximum atomic E-state index is 13.1. The summed E-state index contributed by atoms with van der Waals surface area (Å²) in [6.45, 7) is 1.79. The normalized spacial score (nSPS) is 15.2. The summed E-state index contributed by atoms with van der Waals surface area (Å²) in [4.78, 5) is 15.2. The van der Waals surface area contributed by atoms with Crippen LogP contribution in [0.15, 0.2) is 60.1 Å². The minimum absolute atomic E-state index is 0.0714. The Labute approximate surface area is 167 Å². The van der Waals surface area contributed by atoms with Crippen LogP contribution in [0.25, 0.3) is 0 Å². The van der Waals surface area contributed by atoms with Crippen LogP contribution >= 0.6 is 22.9 Å². The van der Waals surface area contributed by atoms with E-state index >= 15 is 0 Å². The Balaban J connectivity index is 1.49. The standard InChI is InChI=1S/C20H19ClN4OS/c21-17-8-6-15(7-9-17)10-20(12-25(13-20)19-24-23-14-27-19)18(26)22-11-16-4-2-1-3-5-16/h1-9,14H,10-13H2,(H,22,26). The number of nitrogens with one attached hydrogen (secondary N) is 1. The van der Waals surface area contributed by atoms with Gasteiger partial charge < -0.3 is 10.2 Å². The molecule has 0 saturated carbocycles.